The van der Waals surface area contributed by atoms with Crippen molar-refractivity contribution in [2.75, 3.05) is 0 Å². The number of hydrogen-bond donors (Lipinski definition) is 0. The van der Waals surface area contributed by atoms with Crippen LogP contribution in [-0.4, -0.2) is 16.8 Å². The second-order valence-electron chi connectivity index (χ2n) is 9.11. The van der Waals surface area contributed by atoms with Gasteiger partial charge in [0, 0.05) is 12.4 Å². The Balaban J connectivity index is 0.000000359. The van der Waals surface area contributed by atoms with Gasteiger partial charge in [-0.25, -0.2) is 11.6 Å². The van der Waals surface area contributed by atoms with Crippen molar-refractivity contribution in [1.82, 2.24) is 9.97 Å². The van der Waals surface area contributed by atoms with Gasteiger partial charge in [0.1, 0.15) is 0 Å². The fraction of sp³-hybridized carbons (Fsp3) is 0.0789. The molecule has 4 aromatic carbocycles. The van der Waals surface area contributed by atoms with Crippen molar-refractivity contribution in [2.45, 2.75) is 20.3 Å². The van der Waals surface area contributed by atoms with Crippen LogP contribution in [-0.2, 0) is 23.3 Å². The second-order valence-corrected chi connectivity index (χ2v) is 9.11. The molecule has 0 spiro atoms. The van der Waals surface area contributed by atoms with Gasteiger partial charge in [-0.3, -0.25) is 16.0 Å². The van der Waals surface area contributed by atoms with Gasteiger partial charge in [0.25, 0.3) is 0 Å². The molecule has 2 heterocycles. The van der Waals surface area contributed by atoms with Crippen LogP contribution in [0.3, 0.4) is 0 Å². The first-order valence-electron chi connectivity index (χ1n) is 13.6. The quantitative estimate of drug-likeness (QED) is 0.132. The third kappa shape index (κ3) is 13.6. The van der Waals surface area contributed by atoms with E-state index in [-0.39, 0.29) is 24.8 Å². The van der Waals surface area contributed by atoms with E-state index in [1.807, 2.05) is 103 Å². The van der Waals surface area contributed by atoms with Crippen molar-refractivity contribution in [1.29, 1.82) is 0 Å². The van der Waals surface area contributed by atoms with Crippen LogP contribution >= 0.6 is 24.8 Å². The van der Waals surface area contributed by atoms with Gasteiger partial charge in [0.05, 0.1) is 11.4 Å². The van der Waals surface area contributed by atoms with Gasteiger partial charge in [0.15, 0.2) is 0 Å². The molecule has 0 atom stereocenters. The summed E-state index contributed by atoms with van der Waals surface area (Å²) in [6, 6.07) is 45.9. The summed E-state index contributed by atoms with van der Waals surface area (Å²) in [7, 11) is 0. The average Bonchev–Trinajstić information content (AvgIpc) is 3.72. The van der Waals surface area contributed by atoms with E-state index in [1.54, 1.807) is 0 Å². The van der Waals surface area contributed by atoms with Crippen LogP contribution < -0.4 is 0 Å². The van der Waals surface area contributed by atoms with Gasteiger partial charge in [-0.15, -0.1) is 59.7 Å². The summed E-state index contributed by atoms with van der Waals surface area (Å²) in [4.78, 5) is 9.00. The number of fused-ring (bicyclic) bond motifs is 1. The molecular weight excluding hydrogens is 675 g/mol. The standard InChI is InChI=1S/C20H15N2.C6H7.2C6H5.2ClH.Si.Zr/c1-14-10-15-12-16(19-6-2-4-8-21-19)13-18(17(15)11-14)20-7-3-5-9-22-20;1-6-4-2-3-5-6;2*1-2-4-6-5-3-1;;;;/h2-13H,1H3;2,4H,3H2,1H3;2*1-5H;2*1H;;/q4*-1;;;;. The van der Waals surface area contributed by atoms with Crippen LogP contribution in [0.4, 0.5) is 0 Å². The first-order valence-corrected chi connectivity index (χ1v) is 17.7. The smallest absolute Gasteiger partial charge is 0.171 e. The molecule has 0 amide bonds. The predicted molar refractivity (Wildman–Crippen MR) is 188 cm³/mol. The first kappa shape index (κ1) is 38.8. The van der Waals surface area contributed by atoms with Crippen LogP contribution in [0.2, 0.25) is 0 Å². The molecule has 44 heavy (non-hydrogen) atoms. The Bertz CT molecular complexity index is 1550. The van der Waals surface area contributed by atoms with Crippen LogP contribution in [0, 0.1) is 25.1 Å². The number of rotatable bonds is 2. The van der Waals surface area contributed by atoms with Gasteiger partial charge >= 0.3 is 30.2 Å². The van der Waals surface area contributed by atoms with E-state index in [9.17, 15) is 0 Å². The maximum absolute atomic E-state index is 4.52. The van der Waals surface area contributed by atoms with Crippen molar-refractivity contribution >= 4 is 42.5 Å². The van der Waals surface area contributed by atoms with E-state index in [2.05, 4.69) is 91.4 Å². The summed E-state index contributed by atoms with van der Waals surface area (Å²) in [5.41, 5.74) is 6.81. The van der Waals surface area contributed by atoms with Gasteiger partial charge in [-0.2, -0.15) is 84.9 Å². The topological polar surface area (TPSA) is 25.8 Å². The van der Waals surface area contributed by atoms with Crippen LogP contribution in [0.1, 0.15) is 18.9 Å². The molecule has 1 aliphatic rings. The van der Waals surface area contributed by atoms with E-state index >= 15 is 0 Å². The number of nitrogens with zero attached hydrogens (tertiary/aromatic N) is 2. The number of pyridine rings is 2. The molecule has 2 nitrogen and oxygen atoms in total. The minimum Gasteiger partial charge on any atom is -0.184 e. The predicted octanol–water partition coefficient (Wildman–Crippen LogP) is 10.1. The Morgan fingerprint density at radius 2 is 1.27 bits per heavy atom. The molecule has 7 rings (SSSR count). The SMILES string of the molecule is CC1=[C-]CC=C1.Cc1cc2c(-c3ccccn3)cc(-c3ccccn3)cc2[cH-]1.Cl.Cl.[Si]=[Zr].[c-]1ccccc1.[c-]1ccccc1. The van der Waals surface area contributed by atoms with Crippen molar-refractivity contribution in [3.05, 3.63) is 175 Å². The van der Waals surface area contributed by atoms with Gasteiger partial charge < -0.3 is 0 Å². The molecule has 0 bridgehead atoms. The number of hydrogen-bond acceptors (Lipinski definition) is 2. The molecule has 0 fully saturated rings. The van der Waals surface area contributed by atoms with Gasteiger partial charge in [-0.05, 0) is 35.4 Å². The molecule has 222 valence electrons. The van der Waals surface area contributed by atoms with Crippen LogP contribution in [0.15, 0.2) is 151 Å². The van der Waals surface area contributed by atoms with Gasteiger partial charge in [0.2, 0.25) is 0 Å². The Kier molecular flexibility index (Phi) is 20.4. The fourth-order valence-corrected chi connectivity index (χ4v) is 4.08. The Hall–Kier alpha value is -3.27. The normalized spacial score (nSPS) is 10.2. The Morgan fingerprint density at radius 1 is 0.705 bits per heavy atom. The molecule has 0 saturated carbocycles. The minimum absolute atomic E-state index is 0. The van der Waals surface area contributed by atoms with E-state index in [4.69, 9.17) is 0 Å². The maximum Gasteiger partial charge on any atom is -0.171 e. The van der Waals surface area contributed by atoms with E-state index in [0.717, 1.165) is 28.9 Å². The zero-order valence-electron chi connectivity index (χ0n) is 24.8. The van der Waals surface area contributed by atoms with E-state index < -0.39 is 0 Å². The molecular formula is C38H34Cl2N2SiZr-4. The molecule has 0 unspecified atom stereocenters. The molecule has 2 radical (unpaired) electrons. The Morgan fingerprint density at radius 3 is 1.66 bits per heavy atom. The van der Waals surface area contributed by atoms with Crippen molar-refractivity contribution in [3.63, 3.8) is 0 Å². The number of halogens is 2. The monoisotopic (exact) mass is 706 g/mol. The zero-order chi connectivity index (χ0) is 29.8. The third-order valence-electron chi connectivity index (χ3n) is 5.95. The Labute approximate surface area is 291 Å². The minimum atomic E-state index is 0. The summed E-state index contributed by atoms with van der Waals surface area (Å²) >= 11 is 1.36. The third-order valence-corrected chi connectivity index (χ3v) is 5.95. The zero-order valence-corrected chi connectivity index (χ0v) is 29.9. The maximum atomic E-state index is 4.52. The van der Waals surface area contributed by atoms with Crippen molar-refractivity contribution in [3.8, 4) is 22.5 Å². The average molecular weight is 709 g/mol. The molecule has 0 N–H and O–H groups in total. The number of allylic oxidation sites excluding steroid dienone is 4. The van der Waals surface area contributed by atoms with Crippen LogP contribution in [0.5, 0.6) is 0 Å². The summed E-state index contributed by atoms with van der Waals surface area (Å²) in [6.07, 6.45) is 12.0. The first-order chi connectivity index (χ1) is 20.7. The molecule has 2 aromatic heterocycles. The van der Waals surface area contributed by atoms with E-state index in [0.29, 0.717) is 0 Å². The van der Waals surface area contributed by atoms with E-state index in [1.165, 1.54) is 45.2 Å². The summed E-state index contributed by atoms with van der Waals surface area (Å²) in [5.74, 6) is 0. The van der Waals surface area contributed by atoms with Gasteiger partial charge in [-0.1, -0.05) is 32.0 Å². The fourth-order valence-electron chi connectivity index (χ4n) is 4.08. The second kappa shape index (κ2) is 23.2. The molecule has 6 heteroatoms. The molecule has 0 saturated heterocycles. The number of benzene rings is 3. The largest absolute Gasteiger partial charge is 0.184 e. The summed E-state index contributed by atoms with van der Waals surface area (Å²) in [5, 5.41) is 2.48. The molecule has 6 aromatic rings. The van der Waals surface area contributed by atoms with Crippen LogP contribution in [0.25, 0.3) is 33.3 Å². The van der Waals surface area contributed by atoms with Crippen molar-refractivity contribution in [2.24, 2.45) is 0 Å². The number of aromatic nitrogens is 2. The number of aryl methyl sites for hydroxylation is 1. The summed E-state index contributed by atoms with van der Waals surface area (Å²) in [6.45, 7) is 7.25. The molecule has 0 aliphatic heterocycles. The molecule has 1 aliphatic carbocycles. The summed E-state index contributed by atoms with van der Waals surface area (Å²) < 4.78 is 0. The van der Waals surface area contributed by atoms with Crippen molar-refractivity contribution < 1.29 is 23.3 Å².